The molecule has 1 saturated carbocycles. The lowest BCUT2D eigenvalue weighted by Gasteiger charge is -2.39. The van der Waals surface area contributed by atoms with Crippen LogP contribution in [0.4, 0.5) is 5.69 Å². The van der Waals surface area contributed by atoms with Crippen molar-refractivity contribution in [1.82, 2.24) is 0 Å². The third-order valence-electron chi connectivity index (χ3n) is 3.86. The monoisotopic (exact) mass is 325 g/mol. The molecule has 1 fully saturated rings. The molecular formula is C14H16BrNO3. The van der Waals surface area contributed by atoms with E-state index in [4.69, 9.17) is 0 Å². The van der Waals surface area contributed by atoms with E-state index in [-0.39, 0.29) is 5.91 Å². The van der Waals surface area contributed by atoms with E-state index < -0.39 is 11.4 Å². The quantitative estimate of drug-likeness (QED) is 0.869. The second-order valence-electron chi connectivity index (χ2n) is 5.04. The first kappa shape index (κ1) is 14.1. The Morgan fingerprint density at radius 2 is 2.00 bits per heavy atom. The largest absolute Gasteiger partial charge is 0.480 e. The molecule has 0 spiro atoms. The molecule has 0 atom stereocenters. The van der Waals surface area contributed by atoms with Gasteiger partial charge in [-0.1, -0.05) is 28.4 Å². The van der Waals surface area contributed by atoms with Gasteiger partial charge in [0.05, 0.1) is 0 Å². The maximum Gasteiger partial charge on any atom is 0.319 e. The Balaban J connectivity index is 2.33. The Bertz CT molecular complexity index is 537. The number of carboxylic acids is 1. The molecule has 5 heteroatoms. The topological polar surface area (TPSA) is 57.6 Å². The molecular weight excluding hydrogens is 310 g/mol. The highest BCUT2D eigenvalue weighted by atomic mass is 79.9. The summed E-state index contributed by atoms with van der Waals surface area (Å²) in [6.45, 7) is 1.90. The average molecular weight is 326 g/mol. The molecule has 0 unspecified atom stereocenters. The summed E-state index contributed by atoms with van der Waals surface area (Å²) in [4.78, 5) is 25.3. The fraction of sp³-hybridized carbons (Fsp3) is 0.429. The molecule has 19 heavy (non-hydrogen) atoms. The number of anilines is 1. The van der Waals surface area contributed by atoms with Crippen molar-refractivity contribution < 1.29 is 14.7 Å². The molecule has 1 aromatic carbocycles. The predicted molar refractivity (Wildman–Crippen MR) is 76.2 cm³/mol. The van der Waals surface area contributed by atoms with Crippen LogP contribution < -0.4 is 4.90 Å². The molecule has 0 aliphatic heterocycles. The number of carbonyl (C=O) groups is 2. The van der Waals surface area contributed by atoms with Crippen LogP contribution in [0.2, 0.25) is 0 Å². The molecule has 2 rings (SSSR count). The van der Waals surface area contributed by atoms with Crippen molar-refractivity contribution in [3.63, 3.8) is 0 Å². The van der Waals surface area contributed by atoms with Crippen LogP contribution in [0.25, 0.3) is 0 Å². The zero-order valence-corrected chi connectivity index (χ0v) is 12.5. The molecule has 0 radical (unpaired) electrons. The van der Waals surface area contributed by atoms with Crippen LogP contribution in [0.1, 0.15) is 24.8 Å². The summed E-state index contributed by atoms with van der Waals surface area (Å²) in [6, 6.07) is 5.63. The first-order chi connectivity index (χ1) is 8.88. The van der Waals surface area contributed by atoms with Crippen LogP contribution in [-0.4, -0.2) is 24.0 Å². The zero-order valence-electron chi connectivity index (χ0n) is 10.9. The molecule has 1 aliphatic carbocycles. The molecule has 4 nitrogen and oxygen atoms in total. The van der Waals surface area contributed by atoms with E-state index in [1.807, 2.05) is 25.1 Å². The van der Waals surface area contributed by atoms with Crippen LogP contribution >= 0.6 is 15.9 Å². The Morgan fingerprint density at radius 1 is 1.37 bits per heavy atom. The van der Waals surface area contributed by atoms with Crippen molar-refractivity contribution in [1.29, 1.82) is 0 Å². The molecule has 0 heterocycles. The number of carboxylic acid groups (broad SMARTS) is 1. The summed E-state index contributed by atoms with van der Waals surface area (Å²) in [5.41, 5.74) is 0.467. The smallest absolute Gasteiger partial charge is 0.319 e. The molecule has 0 saturated heterocycles. The number of hydrogen-bond acceptors (Lipinski definition) is 2. The van der Waals surface area contributed by atoms with E-state index in [9.17, 15) is 14.7 Å². The van der Waals surface area contributed by atoms with E-state index in [1.54, 1.807) is 7.05 Å². The van der Waals surface area contributed by atoms with Crippen molar-refractivity contribution in [2.24, 2.45) is 5.41 Å². The van der Waals surface area contributed by atoms with Crippen LogP contribution in [0.5, 0.6) is 0 Å². The number of carbonyl (C=O) groups excluding carboxylic acids is 1. The van der Waals surface area contributed by atoms with Gasteiger partial charge < -0.3 is 10.0 Å². The SMILES string of the molecule is Cc1ccc(Br)cc1N(C)C(=O)C1(C(=O)O)CCC1. The van der Waals surface area contributed by atoms with Crippen molar-refractivity contribution in [2.75, 3.05) is 11.9 Å². The second-order valence-corrected chi connectivity index (χ2v) is 5.95. The highest BCUT2D eigenvalue weighted by Gasteiger charge is 2.52. The van der Waals surface area contributed by atoms with Gasteiger partial charge in [0.25, 0.3) is 0 Å². The van der Waals surface area contributed by atoms with E-state index in [0.717, 1.165) is 22.1 Å². The van der Waals surface area contributed by atoms with Gasteiger partial charge in [0.2, 0.25) is 5.91 Å². The summed E-state index contributed by atoms with van der Waals surface area (Å²) in [6.07, 6.45) is 1.65. The van der Waals surface area contributed by atoms with Crippen molar-refractivity contribution >= 4 is 33.5 Å². The highest BCUT2D eigenvalue weighted by Crippen LogP contribution is 2.43. The minimum Gasteiger partial charge on any atom is -0.480 e. The average Bonchev–Trinajstić information content (AvgIpc) is 2.29. The first-order valence-corrected chi connectivity index (χ1v) is 6.95. The summed E-state index contributed by atoms with van der Waals surface area (Å²) in [7, 11) is 1.64. The normalized spacial score (nSPS) is 16.6. The second kappa shape index (κ2) is 4.96. The fourth-order valence-electron chi connectivity index (χ4n) is 2.42. The van der Waals surface area contributed by atoms with Crippen LogP contribution in [0, 0.1) is 12.3 Å². The number of hydrogen-bond donors (Lipinski definition) is 1. The Morgan fingerprint density at radius 3 is 2.47 bits per heavy atom. The van der Waals surface area contributed by atoms with Gasteiger partial charge in [0, 0.05) is 17.2 Å². The third kappa shape index (κ3) is 2.27. The van der Waals surface area contributed by atoms with Gasteiger partial charge in [-0.2, -0.15) is 0 Å². The number of halogens is 1. The van der Waals surface area contributed by atoms with E-state index in [2.05, 4.69) is 15.9 Å². The van der Waals surface area contributed by atoms with E-state index in [1.165, 1.54) is 4.90 Å². The number of benzene rings is 1. The Kier molecular flexibility index (Phi) is 3.67. The van der Waals surface area contributed by atoms with Crippen molar-refractivity contribution in [3.8, 4) is 0 Å². The maximum absolute atomic E-state index is 12.5. The number of aliphatic carboxylic acids is 1. The summed E-state index contributed by atoms with van der Waals surface area (Å²) < 4.78 is 0.866. The first-order valence-electron chi connectivity index (χ1n) is 6.16. The lowest BCUT2D eigenvalue weighted by molar-refractivity contribution is -0.160. The predicted octanol–water partition coefficient (Wildman–Crippen LogP) is 2.98. The van der Waals surface area contributed by atoms with Gasteiger partial charge >= 0.3 is 5.97 Å². The lowest BCUT2D eigenvalue weighted by atomic mass is 9.67. The maximum atomic E-state index is 12.5. The minimum absolute atomic E-state index is 0.326. The summed E-state index contributed by atoms with van der Waals surface area (Å²) in [5, 5.41) is 9.32. The molecule has 0 bridgehead atoms. The zero-order chi connectivity index (χ0) is 14.2. The Hall–Kier alpha value is -1.36. The molecule has 1 N–H and O–H groups in total. The summed E-state index contributed by atoms with van der Waals surface area (Å²) >= 11 is 3.37. The Labute approximate surface area is 120 Å². The van der Waals surface area contributed by atoms with Crippen molar-refractivity contribution in [2.45, 2.75) is 26.2 Å². The van der Waals surface area contributed by atoms with E-state index >= 15 is 0 Å². The van der Waals surface area contributed by atoms with Crippen molar-refractivity contribution in [3.05, 3.63) is 28.2 Å². The van der Waals surface area contributed by atoms with Crippen LogP contribution in [-0.2, 0) is 9.59 Å². The summed E-state index contributed by atoms with van der Waals surface area (Å²) in [5.74, 6) is -1.34. The minimum atomic E-state index is -1.22. The molecule has 1 aromatic rings. The molecule has 1 amide bonds. The van der Waals surface area contributed by atoms with E-state index in [0.29, 0.717) is 12.8 Å². The standard InChI is InChI=1S/C14H16BrNO3/c1-9-4-5-10(15)8-11(9)16(2)12(17)14(13(18)19)6-3-7-14/h4-5,8H,3,6-7H2,1-2H3,(H,18,19). The molecule has 0 aromatic heterocycles. The molecule has 1 aliphatic rings. The molecule has 102 valence electrons. The number of aryl methyl sites for hydroxylation is 1. The van der Waals surface area contributed by atoms with Crippen LogP contribution in [0.15, 0.2) is 22.7 Å². The van der Waals surface area contributed by atoms with Crippen LogP contribution in [0.3, 0.4) is 0 Å². The van der Waals surface area contributed by atoms with Gasteiger partial charge in [0.15, 0.2) is 0 Å². The van der Waals surface area contributed by atoms with Gasteiger partial charge in [-0.3, -0.25) is 9.59 Å². The number of rotatable bonds is 3. The fourth-order valence-corrected chi connectivity index (χ4v) is 2.77. The van der Waals surface area contributed by atoms with Gasteiger partial charge in [0.1, 0.15) is 5.41 Å². The number of nitrogens with zero attached hydrogens (tertiary/aromatic N) is 1. The van der Waals surface area contributed by atoms with Gasteiger partial charge in [-0.05, 0) is 37.5 Å². The van der Waals surface area contributed by atoms with Gasteiger partial charge in [-0.15, -0.1) is 0 Å². The number of amides is 1. The van der Waals surface area contributed by atoms with Gasteiger partial charge in [-0.25, -0.2) is 0 Å². The highest BCUT2D eigenvalue weighted by molar-refractivity contribution is 9.10. The lowest BCUT2D eigenvalue weighted by Crippen LogP contribution is -2.51. The third-order valence-corrected chi connectivity index (χ3v) is 4.36.